The molecule has 0 saturated heterocycles. The molecule has 0 spiro atoms. The number of para-hydroxylation sites is 2. The molecule has 7 rings (SSSR count). The van der Waals surface area contributed by atoms with Gasteiger partial charge in [0.2, 0.25) is 0 Å². The van der Waals surface area contributed by atoms with Crippen LogP contribution >= 0.6 is 0 Å². The van der Waals surface area contributed by atoms with Crippen LogP contribution in [0.4, 0.5) is 23.0 Å². The Morgan fingerprint density at radius 2 is 1.16 bits per heavy atom. The van der Waals surface area contributed by atoms with Crippen LogP contribution in [-0.4, -0.2) is 16.1 Å². The maximum absolute atomic E-state index is 5.72. The molecule has 2 aliphatic heterocycles. The fourth-order valence-electron chi connectivity index (χ4n) is 8.19. The Labute approximate surface area is 268 Å². The summed E-state index contributed by atoms with van der Waals surface area (Å²) in [7, 11) is 0. The van der Waals surface area contributed by atoms with Crippen molar-refractivity contribution in [1.82, 2.24) is 9.97 Å². The molecule has 3 atom stereocenters. The van der Waals surface area contributed by atoms with Crippen molar-refractivity contribution in [2.45, 2.75) is 67.0 Å². The first-order valence-corrected chi connectivity index (χ1v) is 16.1. The molecule has 3 heterocycles. The Morgan fingerprint density at radius 3 is 1.69 bits per heavy atom. The van der Waals surface area contributed by atoms with Crippen LogP contribution in [0, 0.1) is 47.5 Å². The summed E-state index contributed by atoms with van der Waals surface area (Å²) in [5.41, 5.74) is 15.3. The molecule has 3 unspecified atom stereocenters. The average molecular weight is 591 g/mol. The zero-order valence-electron chi connectivity index (χ0n) is 27.5. The highest BCUT2D eigenvalue weighted by Gasteiger charge is 2.50. The molecule has 0 bridgehead atoms. The van der Waals surface area contributed by atoms with E-state index in [4.69, 9.17) is 9.97 Å². The Morgan fingerprint density at radius 1 is 0.667 bits per heavy atom. The second kappa shape index (κ2) is 11.0. The molecule has 0 fully saturated rings. The summed E-state index contributed by atoms with van der Waals surface area (Å²) in [4.78, 5) is 16.4. The predicted octanol–water partition coefficient (Wildman–Crippen LogP) is 10.6. The number of fused-ring (bicyclic) bond motifs is 5. The predicted molar refractivity (Wildman–Crippen MR) is 189 cm³/mol. The number of hydrogen-bond donors (Lipinski definition) is 0. The van der Waals surface area contributed by atoms with E-state index in [0.717, 1.165) is 35.1 Å². The van der Waals surface area contributed by atoms with E-state index in [-0.39, 0.29) is 12.1 Å². The molecule has 5 aromatic rings. The lowest BCUT2D eigenvalue weighted by molar-refractivity contribution is 0.368. The van der Waals surface area contributed by atoms with E-state index in [0.29, 0.717) is 5.92 Å². The third-order valence-corrected chi connectivity index (χ3v) is 9.83. The minimum Gasteiger partial charge on any atom is -0.302 e. The molecule has 0 aliphatic carbocycles. The summed E-state index contributed by atoms with van der Waals surface area (Å²) in [6.45, 7) is 19.7. The third-order valence-electron chi connectivity index (χ3n) is 9.83. The van der Waals surface area contributed by atoms with Crippen LogP contribution < -0.4 is 9.80 Å². The number of nitrogens with zero attached hydrogens (tertiary/aromatic N) is 4. The van der Waals surface area contributed by atoms with Crippen LogP contribution in [0.1, 0.15) is 58.2 Å². The summed E-state index contributed by atoms with van der Waals surface area (Å²) in [5.74, 6) is 2.45. The van der Waals surface area contributed by atoms with Gasteiger partial charge in [0.05, 0.1) is 11.4 Å². The number of benzene rings is 4. The van der Waals surface area contributed by atoms with Gasteiger partial charge in [0.25, 0.3) is 0 Å². The van der Waals surface area contributed by atoms with E-state index in [1.807, 2.05) is 0 Å². The number of allylic oxidation sites excluding steroid dienone is 1. The Kier molecular flexibility index (Phi) is 7.12. The summed E-state index contributed by atoms with van der Waals surface area (Å²) >= 11 is 0. The second-order valence-corrected chi connectivity index (χ2v) is 13.2. The van der Waals surface area contributed by atoms with Gasteiger partial charge >= 0.3 is 0 Å². The lowest BCUT2D eigenvalue weighted by Gasteiger charge is -2.45. The number of aryl methyl sites for hydroxylation is 6. The van der Waals surface area contributed by atoms with Gasteiger partial charge in [-0.3, -0.25) is 0 Å². The number of aromatic nitrogens is 2. The molecule has 4 aromatic carbocycles. The lowest BCUT2D eigenvalue weighted by Crippen LogP contribution is -2.48. The van der Waals surface area contributed by atoms with E-state index in [9.17, 15) is 0 Å². The zero-order chi connectivity index (χ0) is 31.6. The van der Waals surface area contributed by atoms with Gasteiger partial charge in [-0.05, 0) is 99.9 Å². The standard InChI is InChI=1S/C41H42N4/c1-9-15-32-30(8)41-44(31-16-11-10-12-17-31)39-40(45(41)34-19-14-13-18-33(32)34)43-38(36-28(6)22-25(3)23-29(36)7)37(42-39)35-26(4)20-24(2)21-27(35)5/h9-14,16-23,30,32,41H,1,15H2,2-8H3. The lowest BCUT2D eigenvalue weighted by atomic mass is 9.78. The summed E-state index contributed by atoms with van der Waals surface area (Å²) in [5, 5.41) is 0. The van der Waals surface area contributed by atoms with Gasteiger partial charge in [-0.1, -0.05) is 84.8 Å². The van der Waals surface area contributed by atoms with Crippen LogP contribution in [0.25, 0.3) is 22.5 Å². The van der Waals surface area contributed by atoms with Crippen LogP contribution in [0.3, 0.4) is 0 Å². The average Bonchev–Trinajstić information content (AvgIpc) is 3.33. The number of anilines is 4. The maximum Gasteiger partial charge on any atom is 0.179 e. The Bertz CT molecular complexity index is 1910. The number of hydrogen-bond acceptors (Lipinski definition) is 4. The normalized spacial score (nSPS) is 18.4. The molecule has 45 heavy (non-hydrogen) atoms. The van der Waals surface area contributed by atoms with E-state index in [1.165, 1.54) is 55.8 Å². The highest BCUT2D eigenvalue weighted by atomic mass is 15.5. The fraction of sp³-hybridized carbons (Fsp3) is 0.268. The molecule has 1 aromatic heterocycles. The Hall–Kier alpha value is -4.70. The zero-order valence-corrected chi connectivity index (χ0v) is 27.5. The van der Waals surface area contributed by atoms with Crippen molar-refractivity contribution in [2.24, 2.45) is 5.92 Å². The quantitative estimate of drug-likeness (QED) is 0.191. The van der Waals surface area contributed by atoms with E-state index in [1.54, 1.807) is 0 Å². The summed E-state index contributed by atoms with van der Waals surface area (Å²) < 4.78 is 0. The minimum atomic E-state index is 0.0192. The molecule has 4 heteroatoms. The van der Waals surface area contributed by atoms with Gasteiger partial charge in [0, 0.05) is 28.4 Å². The van der Waals surface area contributed by atoms with E-state index >= 15 is 0 Å². The molecule has 0 N–H and O–H groups in total. The SMILES string of the molecule is C=CCC1c2ccccc2N2c3nc(-c4c(C)cc(C)cc4C)c(-c4c(C)cc(C)cc4C)nc3N(c3ccccc3)C2C1C. The largest absolute Gasteiger partial charge is 0.302 e. The monoisotopic (exact) mass is 590 g/mol. The molecule has 0 radical (unpaired) electrons. The van der Waals surface area contributed by atoms with Crippen molar-refractivity contribution in [3.05, 3.63) is 130 Å². The molecule has 0 amide bonds. The minimum absolute atomic E-state index is 0.0192. The molecule has 226 valence electrons. The fourth-order valence-corrected chi connectivity index (χ4v) is 8.19. The first kappa shape index (κ1) is 29.0. The molecule has 2 aliphatic rings. The van der Waals surface area contributed by atoms with Crippen molar-refractivity contribution in [3.8, 4) is 22.5 Å². The maximum atomic E-state index is 5.72. The van der Waals surface area contributed by atoms with Crippen molar-refractivity contribution in [1.29, 1.82) is 0 Å². The third kappa shape index (κ3) is 4.58. The van der Waals surface area contributed by atoms with Crippen molar-refractivity contribution >= 4 is 23.0 Å². The van der Waals surface area contributed by atoms with Crippen molar-refractivity contribution in [2.75, 3.05) is 9.80 Å². The summed E-state index contributed by atoms with van der Waals surface area (Å²) in [6, 6.07) is 28.7. The topological polar surface area (TPSA) is 32.3 Å². The molecule has 4 nitrogen and oxygen atoms in total. The second-order valence-electron chi connectivity index (χ2n) is 13.2. The van der Waals surface area contributed by atoms with Crippen LogP contribution in [0.15, 0.2) is 91.5 Å². The summed E-state index contributed by atoms with van der Waals surface area (Å²) in [6.07, 6.45) is 3.01. The van der Waals surface area contributed by atoms with E-state index in [2.05, 4.69) is 150 Å². The van der Waals surface area contributed by atoms with Gasteiger partial charge in [-0.25, -0.2) is 9.97 Å². The van der Waals surface area contributed by atoms with Crippen molar-refractivity contribution in [3.63, 3.8) is 0 Å². The van der Waals surface area contributed by atoms with Crippen LogP contribution in [0.5, 0.6) is 0 Å². The molecule has 0 saturated carbocycles. The van der Waals surface area contributed by atoms with Crippen LogP contribution in [0.2, 0.25) is 0 Å². The van der Waals surface area contributed by atoms with Gasteiger partial charge in [-0.15, -0.1) is 6.58 Å². The van der Waals surface area contributed by atoms with E-state index < -0.39 is 0 Å². The first-order chi connectivity index (χ1) is 21.7. The highest BCUT2D eigenvalue weighted by molar-refractivity contribution is 5.92. The highest BCUT2D eigenvalue weighted by Crippen LogP contribution is 2.56. The van der Waals surface area contributed by atoms with Gasteiger partial charge in [0.1, 0.15) is 6.17 Å². The smallest absolute Gasteiger partial charge is 0.179 e. The van der Waals surface area contributed by atoms with Crippen LogP contribution in [-0.2, 0) is 0 Å². The first-order valence-electron chi connectivity index (χ1n) is 16.1. The van der Waals surface area contributed by atoms with Gasteiger partial charge in [0.15, 0.2) is 11.6 Å². The molecular weight excluding hydrogens is 548 g/mol. The van der Waals surface area contributed by atoms with Gasteiger partial charge in [-0.2, -0.15) is 0 Å². The van der Waals surface area contributed by atoms with Crippen molar-refractivity contribution < 1.29 is 0 Å². The molecular formula is C41H42N4. The van der Waals surface area contributed by atoms with Gasteiger partial charge < -0.3 is 9.80 Å². The number of rotatable bonds is 5. The Balaban J connectivity index is 1.60.